The van der Waals surface area contributed by atoms with E-state index in [-0.39, 0.29) is 5.91 Å². The molecule has 0 aliphatic heterocycles. The lowest BCUT2D eigenvalue weighted by Crippen LogP contribution is -2.38. The van der Waals surface area contributed by atoms with Crippen LogP contribution >= 0.6 is 0 Å². The lowest BCUT2D eigenvalue weighted by molar-refractivity contribution is 0.0941. The fraction of sp³-hybridized carbons (Fsp3) is 0.133. The first-order valence-corrected chi connectivity index (χ1v) is 6.25. The maximum Gasteiger partial charge on any atom is 0.254 e. The molecule has 2 aromatic heterocycles. The van der Waals surface area contributed by atoms with E-state index in [4.69, 9.17) is 5.73 Å². The molecule has 2 rings (SSSR count). The highest BCUT2D eigenvalue weighted by Gasteiger charge is 2.07. The van der Waals surface area contributed by atoms with Crippen LogP contribution in [0.1, 0.15) is 28.4 Å². The van der Waals surface area contributed by atoms with Crippen molar-refractivity contribution in [1.82, 2.24) is 15.3 Å². The van der Waals surface area contributed by atoms with E-state index in [0.717, 1.165) is 11.1 Å². The maximum absolute atomic E-state index is 11.8. The van der Waals surface area contributed by atoms with Crippen LogP contribution in [0, 0.1) is 0 Å². The monoisotopic (exact) mass is 268 g/mol. The second-order valence-corrected chi connectivity index (χ2v) is 4.38. The van der Waals surface area contributed by atoms with Crippen LogP contribution in [0.15, 0.2) is 43.0 Å². The lowest BCUT2D eigenvalue weighted by atomic mass is 10.1. The number of aromatic nitrogens is 2. The highest BCUT2D eigenvalue weighted by Crippen LogP contribution is 2.08. The average molecular weight is 268 g/mol. The van der Waals surface area contributed by atoms with Crippen LogP contribution in [0.2, 0.25) is 0 Å². The standard InChI is InChI=1S/C15H16N4O/c1-11(16)19-15(20)14-8-13(9-18-10-14)3-2-12-4-6-17-7-5-12/h2-11H,16H2,1H3,(H,19,20)/b3-2+. The van der Waals surface area contributed by atoms with Crippen LogP contribution < -0.4 is 11.1 Å². The number of nitrogens with one attached hydrogen (secondary N) is 1. The van der Waals surface area contributed by atoms with Crippen LogP contribution in [0.3, 0.4) is 0 Å². The number of nitrogens with two attached hydrogens (primary N) is 1. The van der Waals surface area contributed by atoms with Crippen LogP contribution in [-0.2, 0) is 0 Å². The Balaban J connectivity index is 2.14. The predicted molar refractivity (Wildman–Crippen MR) is 78.5 cm³/mol. The van der Waals surface area contributed by atoms with Gasteiger partial charge in [-0.15, -0.1) is 0 Å². The van der Waals surface area contributed by atoms with Gasteiger partial charge in [0.15, 0.2) is 0 Å². The number of hydrogen-bond donors (Lipinski definition) is 2. The van der Waals surface area contributed by atoms with Gasteiger partial charge in [-0.2, -0.15) is 0 Å². The summed E-state index contributed by atoms with van der Waals surface area (Å²) >= 11 is 0. The van der Waals surface area contributed by atoms with Crippen LogP contribution in [-0.4, -0.2) is 22.0 Å². The van der Waals surface area contributed by atoms with Crippen molar-refractivity contribution in [2.24, 2.45) is 5.73 Å². The van der Waals surface area contributed by atoms with Crippen LogP contribution in [0.4, 0.5) is 0 Å². The predicted octanol–water partition coefficient (Wildman–Crippen LogP) is 1.68. The summed E-state index contributed by atoms with van der Waals surface area (Å²) in [4.78, 5) is 19.8. The van der Waals surface area contributed by atoms with E-state index < -0.39 is 6.17 Å². The van der Waals surface area contributed by atoms with Gasteiger partial charge in [0.2, 0.25) is 0 Å². The Morgan fingerprint density at radius 2 is 1.90 bits per heavy atom. The topological polar surface area (TPSA) is 80.9 Å². The zero-order valence-corrected chi connectivity index (χ0v) is 11.2. The largest absolute Gasteiger partial charge is 0.337 e. The summed E-state index contributed by atoms with van der Waals surface area (Å²) in [6, 6.07) is 5.57. The third-order valence-corrected chi connectivity index (χ3v) is 2.55. The van der Waals surface area contributed by atoms with E-state index in [1.807, 2.05) is 24.3 Å². The van der Waals surface area contributed by atoms with E-state index in [1.54, 1.807) is 31.6 Å². The zero-order chi connectivity index (χ0) is 14.4. The van der Waals surface area contributed by atoms with Gasteiger partial charge in [0.05, 0.1) is 11.7 Å². The molecule has 0 aliphatic carbocycles. The van der Waals surface area contributed by atoms with Crippen molar-refractivity contribution < 1.29 is 4.79 Å². The molecular formula is C15H16N4O. The van der Waals surface area contributed by atoms with Gasteiger partial charge in [0.1, 0.15) is 0 Å². The number of nitrogens with zero attached hydrogens (tertiary/aromatic N) is 2. The molecule has 0 fully saturated rings. The Hall–Kier alpha value is -2.53. The van der Waals surface area contributed by atoms with E-state index in [1.165, 1.54) is 6.20 Å². The number of carbonyl (C=O) groups is 1. The number of pyridine rings is 2. The molecule has 0 saturated carbocycles. The minimum Gasteiger partial charge on any atom is -0.337 e. The fourth-order valence-corrected chi connectivity index (χ4v) is 1.63. The molecule has 1 amide bonds. The van der Waals surface area contributed by atoms with Crippen LogP contribution in [0.5, 0.6) is 0 Å². The first-order valence-electron chi connectivity index (χ1n) is 6.25. The summed E-state index contributed by atoms with van der Waals surface area (Å²) < 4.78 is 0. The molecule has 0 radical (unpaired) electrons. The van der Waals surface area contributed by atoms with Crippen molar-refractivity contribution in [2.45, 2.75) is 13.1 Å². The first-order chi connectivity index (χ1) is 9.65. The summed E-state index contributed by atoms with van der Waals surface area (Å²) in [6.07, 6.45) is 10.1. The summed E-state index contributed by atoms with van der Waals surface area (Å²) in [5.41, 5.74) is 7.90. The fourth-order valence-electron chi connectivity index (χ4n) is 1.63. The van der Waals surface area contributed by atoms with Gasteiger partial charge in [-0.3, -0.25) is 14.8 Å². The second-order valence-electron chi connectivity index (χ2n) is 4.38. The quantitative estimate of drug-likeness (QED) is 0.827. The maximum atomic E-state index is 11.8. The van der Waals surface area contributed by atoms with Gasteiger partial charge >= 0.3 is 0 Å². The van der Waals surface area contributed by atoms with E-state index >= 15 is 0 Å². The number of amides is 1. The number of rotatable bonds is 4. The molecule has 0 aliphatic rings. The molecule has 2 aromatic rings. The van der Waals surface area contributed by atoms with Gasteiger partial charge in [-0.25, -0.2) is 0 Å². The van der Waals surface area contributed by atoms with Crippen molar-refractivity contribution in [3.05, 3.63) is 59.7 Å². The molecule has 0 aromatic carbocycles. The van der Waals surface area contributed by atoms with Crippen molar-refractivity contribution in [1.29, 1.82) is 0 Å². The van der Waals surface area contributed by atoms with Gasteiger partial charge < -0.3 is 11.1 Å². The summed E-state index contributed by atoms with van der Waals surface area (Å²) in [6.45, 7) is 1.71. The van der Waals surface area contributed by atoms with Crippen molar-refractivity contribution in [3.8, 4) is 0 Å². The number of hydrogen-bond acceptors (Lipinski definition) is 4. The first kappa shape index (κ1) is 13.9. The Kier molecular flexibility index (Phi) is 4.57. The third kappa shape index (κ3) is 4.00. The molecule has 20 heavy (non-hydrogen) atoms. The molecule has 5 heteroatoms. The Morgan fingerprint density at radius 1 is 1.20 bits per heavy atom. The Bertz CT molecular complexity index is 608. The highest BCUT2D eigenvalue weighted by molar-refractivity contribution is 5.94. The van der Waals surface area contributed by atoms with E-state index in [9.17, 15) is 4.79 Å². The molecule has 102 valence electrons. The molecule has 0 saturated heterocycles. The molecule has 2 heterocycles. The molecule has 1 atom stereocenters. The van der Waals surface area contributed by atoms with E-state index in [0.29, 0.717) is 5.56 Å². The molecule has 5 nitrogen and oxygen atoms in total. The lowest BCUT2D eigenvalue weighted by Gasteiger charge is -2.08. The Morgan fingerprint density at radius 3 is 2.60 bits per heavy atom. The SMILES string of the molecule is CC(N)NC(=O)c1cncc(/C=C/c2ccncc2)c1. The zero-order valence-electron chi connectivity index (χ0n) is 11.2. The van der Waals surface area contributed by atoms with Crippen molar-refractivity contribution in [3.63, 3.8) is 0 Å². The molecule has 0 bridgehead atoms. The molecule has 1 unspecified atom stereocenters. The average Bonchev–Trinajstić information content (AvgIpc) is 2.46. The van der Waals surface area contributed by atoms with Crippen molar-refractivity contribution in [2.75, 3.05) is 0 Å². The summed E-state index contributed by atoms with van der Waals surface area (Å²) in [7, 11) is 0. The smallest absolute Gasteiger partial charge is 0.254 e. The van der Waals surface area contributed by atoms with E-state index in [2.05, 4.69) is 15.3 Å². The minimum absolute atomic E-state index is 0.230. The molecule has 0 spiro atoms. The molecular weight excluding hydrogens is 252 g/mol. The van der Waals surface area contributed by atoms with Gasteiger partial charge in [-0.1, -0.05) is 12.2 Å². The Labute approximate surface area is 117 Å². The number of carbonyl (C=O) groups excluding carboxylic acids is 1. The summed E-state index contributed by atoms with van der Waals surface area (Å²) in [5.74, 6) is -0.230. The third-order valence-electron chi connectivity index (χ3n) is 2.55. The minimum atomic E-state index is -0.390. The normalized spacial score (nSPS) is 12.3. The van der Waals surface area contributed by atoms with Crippen molar-refractivity contribution >= 4 is 18.1 Å². The van der Waals surface area contributed by atoms with Gasteiger partial charge in [0, 0.05) is 24.8 Å². The molecule has 3 N–H and O–H groups in total. The van der Waals surface area contributed by atoms with Gasteiger partial charge in [-0.05, 0) is 36.2 Å². The van der Waals surface area contributed by atoms with Crippen LogP contribution in [0.25, 0.3) is 12.2 Å². The highest BCUT2D eigenvalue weighted by atomic mass is 16.1. The summed E-state index contributed by atoms with van der Waals surface area (Å²) in [5, 5.41) is 2.63. The second kappa shape index (κ2) is 6.58. The van der Waals surface area contributed by atoms with Gasteiger partial charge in [0.25, 0.3) is 5.91 Å².